The lowest BCUT2D eigenvalue weighted by molar-refractivity contribution is -0.115. The number of carbonyl (C=O) groups excluding carboxylic acids is 3. The summed E-state index contributed by atoms with van der Waals surface area (Å²) in [6, 6.07) is 14.3. The van der Waals surface area contributed by atoms with E-state index in [1.165, 1.54) is 31.2 Å². The number of hydrogen-bond donors (Lipinski definition) is 1. The van der Waals surface area contributed by atoms with Crippen molar-refractivity contribution in [2.75, 3.05) is 11.9 Å². The minimum Gasteiger partial charge on any atom is -0.494 e. The molecule has 1 amide bonds. The highest BCUT2D eigenvalue weighted by atomic mass is 16.5. The molecule has 0 aliphatic heterocycles. The van der Waals surface area contributed by atoms with Gasteiger partial charge in [0.15, 0.2) is 6.10 Å². The first-order valence-corrected chi connectivity index (χ1v) is 8.69. The molecule has 0 bridgehead atoms. The van der Waals surface area contributed by atoms with Crippen molar-refractivity contribution in [3.63, 3.8) is 0 Å². The molecule has 0 heterocycles. The molecule has 0 saturated carbocycles. The molecule has 0 spiro atoms. The van der Waals surface area contributed by atoms with E-state index in [1.807, 2.05) is 6.92 Å². The van der Waals surface area contributed by atoms with Gasteiger partial charge in [0.2, 0.25) is 11.7 Å². The molecule has 28 heavy (non-hydrogen) atoms. The average Bonchev–Trinajstić information content (AvgIpc) is 2.69. The van der Waals surface area contributed by atoms with Crippen molar-refractivity contribution in [2.24, 2.45) is 0 Å². The van der Waals surface area contributed by atoms with Crippen LogP contribution >= 0.6 is 0 Å². The normalized spacial score (nSPS) is 11.0. The molecule has 0 aromatic heterocycles. The van der Waals surface area contributed by atoms with Crippen LogP contribution in [0.25, 0.3) is 0 Å². The number of nitrogens with one attached hydrogen (secondary N) is 1. The summed E-state index contributed by atoms with van der Waals surface area (Å²) in [5.41, 5.74) is 1.11. The van der Waals surface area contributed by atoms with Gasteiger partial charge in [-0.3, -0.25) is 9.59 Å². The molecule has 1 N–H and O–H groups in total. The second kappa shape index (κ2) is 9.88. The van der Waals surface area contributed by atoms with Crippen LogP contribution in [0.15, 0.2) is 48.5 Å². The van der Waals surface area contributed by atoms with E-state index in [-0.39, 0.29) is 17.8 Å². The van der Waals surface area contributed by atoms with E-state index >= 15 is 0 Å². The molecule has 1 atom stereocenters. The first kappa shape index (κ1) is 20.6. The standard InChI is InChI=1S/C21H20N2O5/c1-3-27-18-10-6-15(7-11-18)20(25)14(2)28-21(26)16-4-8-17(9-5-16)23-19(24)12-13-22/h4-11,14H,3,12H2,1-2H3,(H,23,24)/t14-/m0/s1. The summed E-state index contributed by atoms with van der Waals surface area (Å²) in [6.07, 6.45) is -1.21. The fraction of sp³-hybridized carbons (Fsp3) is 0.238. The van der Waals surface area contributed by atoms with Crippen LogP contribution in [0, 0.1) is 11.3 Å². The third-order valence-corrected chi connectivity index (χ3v) is 3.75. The zero-order valence-corrected chi connectivity index (χ0v) is 15.6. The maximum absolute atomic E-state index is 12.4. The van der Waals surface area contributed by atoms with E-state index in [4.69, 9.17) is 14.7 Å². The number of benzene rings is 2. The van der Waals surface area contributed by atoms with Crippen molar-refractivity contribution in [1.29, 1.82) is 5.26 Å². The molecular formula is C21H20N2O5. The van der Waals surface area contributed by atoms with Gasteiger partial charge >= 0.3 is 5.97 Å². The van der Waals surface area contributed by atoms with Gasteiger partial charge < -0.3 is 14.8 Å². The van der Waals surface area contributed by atoms with Crippen molar-refractivity contribution in [2.45, 2.75) is 26.4 Å². The highest BCUT2D eigenvalue weighted by Crippen LogP contribution is 2.16. The Morgan fingerprint density at radius 2 is 1.64 bits per heavy atom. The molecular weight excluding hydrogens is 360 g/mol. The highest BCUT2D eigenvalue weighted by Gasteiger charge is 2.20. The van der Waals surface area contributed by atoms with Gasteiger partial charge in [0.05, 0.1) is 18.2 Å². The maximum atomic E-state index is 12.4. The number of nitriles is 1. The van der Waals surface area contributed by atoms with E-state index in [9.17, 15) is 14.4 Å². The molecule has 2 aromatic carbocycles. The van der Waals surface area contributed by atoms with Gasteiger partial charge in [-0.05, 0) is 62.4 Å². The van der Waals surface area contributed by atoms with E-state index in [0.717, 1.165) is 0 Å². The van der Waals surface area contributed by atoms with Gasteiger partial charge in [-0.2, -0.15) is 5.26 Å². The van der Waals surface area contributed by atoms with Crippen molar-refractivity contribution < 1.29 is 23.9 Å². The minimum absolute atomic E-state index is 0.240. The van der Waals surface area contributed by atoms with Crippen LogP contribution in [0.1, 0.15) is 41.0 Å². The Morgan fingerprint density at radius 1 is 1.04 bits per heavy atom. The van der Waals surface area contributed by atoms with E-state index in [2.05, 4.69) is 5.32 Å². The van der Waals surface area contributed by atoms with Crippen LogP contribution in [-0.4, -0.2) is 30.4 Å². The van der Waals surface area contributed by atoms with Gasteiger partial charge in [-0.1, -0.05) is 0 Å². The zero-order chi connectivity index (χ0) is 20.5. The number of esters is 1. The fourth-order valence-corrected chi connectivity index (χ4v) is 2.37. The predicted molar refractivity (Wildman–Crippen MR) is 102 cm³/mol. The molecule has 0 saturated heterocycles. The summed E-state index contributed by atoms with van der Waals surface area (Å²) >= 11 is 0. The summed E-state index contributed by atoms with van der Waals surface area (Å²) in [5.74, 6) is -0.753. The lowest BCUT2D eigenvalue weighted by atomic mass is 10.1. The van der Waals surface area contributed by atoms with Gasteiger partial charge in [0.1, 0.15) is 12.2 Å². The molecule has 144 valence electrons. The number of anilines is 1. The van der Waals surface area contributed by atoms with Crippen molar-refractivity contribution >= 4 is 23.3 Å². The van der Waals surface area contributed by atoms with Crippen molar-refractivity contribution in [3.8, 4) is 11.8 Å². The van der Waals surface area contributed by atoms with Gasteiger partial charge in [0, 0.05) is 11.3 Å². The largest absolute Gasteiger partial charge is 0.494 e. The maximum Gasteiger partial charge on any atom is 0.338 e. The monoisotopic (exact) mass is 380 g/mol. The smallest absolute Gasteiger partial charge is 0.338 e. The molecule has 7 heteroatoms. The van der Waals surface area contributed by atoms with Crippen LogP contribution in [0.2, 0.25) is 0 Å². The number of carbonyl (C=O) groups is 3. The number of ether oxygens (including phenoxy) is 2. The quantitative estimate of drug-likeness (QED) is 0.556. The number of nitrogens with zero attached hydrogens (tertiary/aromatic N) is 1. The topological polar surface area (TPSA) is 105 Å². The Bertz CT molecular complexity index is 883. The van der Waals surface area contributed by atoms with Gasteiger partial charge in [0.25, 0.3) is 0 Å². The van der Waals surface area contributed by atoms with Crippen LogP contribution in [0.4, 0.5) is 5.69 Å². The molecule has 2 aromatic rings. The molecule has 0 fully saturated rings. The molecule has 0 aliphatic rings. The molecule has 0 radical (unpaired) electrons. The summed E-state index contributed by atoms with van der Waals surface area (Å²) in [5, 5.41) is 11.0. The number of rotatable bonds is 8. The summed E-state index contributed by atoms with van der Waals surface area (Å²) in [4.78, 5) is 36.0. The first-order chi connectivity index (χ1) is 13.4. The lowest BCUT2D eigenvalue weighted by Gasteiger charge is -2.13. The number of amides is 1. The van der Waals surface area contributed by atoms with Crippen LogP contribution < -0.4 is 10.1 Å². The number of ketones is 1. The van der Waals surface area contributed by atoms with Crippen LogP contribution in [0.3, 0.4) is 0 Å². The van der Waals surface area contributed by atoms with Gasteiger partial charge in [-0.15, -0.1) is 0 Å². The third kappa shape index (κ3) is 5.68. The Labute approximate surface area is 162 Å². The summed E-state index contributed by atoms with van der Waals surface area (Å²) < 4.78 is 10.6. The molecule has 0 unspecified atom stereocenters. The van der Waals surface area contributed by atoms with Crippen LogP contribution in [0.5, 0.6) is 5.75 Å². The van der Waals surface area contributed by atoms with Crippen LogP contribution in [-0.2, 0) is 9.53 Å². The van der Waals surface area contributed by atoms with Gasteiger partial charge in [-0.25, -0.2) is 4.79 Å². The Hall–Kier alpha value is -3.66. The second-order valence-electron chi connectivity index (χ2n) is 5.83. The lowest BCUT2D eigenvalue weighted by Crippen LogP contribution is -2.24. The Morgan fingerprint density at radius 3 is 2.21 bits per heavy atom. The first-order valence-electron chi connectivity index (χ1n) is 8.69. The Balaban J connectivity index is 1.96. The average molecular weight is 380 g/mol. The summed E-state index contributed by atoms with van der Waals surface area (Å²) in [7, 11) is 0. The van der Waals surface area contributed by atoms with Crippen molar-refractivity contribution in [3.05, 3.63) is 59.7 Å². The molecule has 2 rings (SSSR count). The highest BCUT2D eigenvalue weighted by molar-refractivity contribution is 6.01. The molecule has 7 nitrogen and oxygen atoms in total. The SMILES string of the molecule is CCOc1ccc(C(=O)[C@H](C)OC(=O)c2ccc(NC(=O)CC#N)cc2)cc1. The number of Topliss-reactive ketones (excluding diaryl/α,β-unsaturated/α-hetero) is 1. The second-order valence-corrected chi connectivity index (χ2v) is 5.83. The third-order valence-electron chi connectivity index (χ3n) is 3.75. The van der Waals surface area contributed by atoms with E-state index in [1.54, 1.807) is 30.3 Å². The predicted octanol–water partition coefficient (Wildman–Crippen LogP) is 3.37. The minimum atomic E-state index is -0.958. The molecule has 0 aliphatic carbocycles. The Kier molecular flexibility index (Phi) is 7.28. The fourth-order valence-electron chi connectivity index (χ4n) is 2.37. The van der Waals surface area contributed by atoms with E-state index in [0.29, 0.717) is 23.6 Å². The van der Waals surface area contributed by atoms with E-state index < -0.39 is 18.0 Å². The number of hydrogen-bond acceptors (Lipinski definition) is 6. The van der Waals surface area contributed by atoms with Crippen molar-refractivity contribution in [1.82, 2.24) is 0 Å². The summed E-state index contributed by atoms with van der Waals surface area (Å²) in [6.45, 7) is 3.91. The zero-order valence-electron chi connectivity index (χ0n) is 15.6.